The van der Waals surface area contributed by atoms with Crippen LogP contribution in [0.4, 0.5) is 44.7 Å². The molecule has 0 saturated heterocycles. The zero-order chi connectivity index (χ0) is 95.2. The second-order valence-corrected chi connectivity index (χ2v) is 37.0. The molecule has 5 aromatic heterocycles. The van der Waals surface area contributed by atoms with Crippen LogP contribution in [-0.2, 0) is 81.4 Å². The molecule has 10 N–H and O–H groups in total. The van der Waals surface area contributed by atoms with Crippen LogP contribution in [0.2, 0.25) is 5.02 Å². The topological polar surface area (TPSA) is 439 Å². The first-order chi connectivity index (χ1) is 62.5. The van der Waals surface area contributed by atoms with Crippen LogP contribution in [0, 0.1) is 106 Å². The van der Waals surface area contributed by atoms with Gasteiger partial charge >= 0.3 is 0 Å². The molecule has 4 aliphatic heterocycles. The van der Waals surface area contributed by atoms with Crippen LogP contribution in [0.5, 0.6) is 0 Å². The maximum atomic E-state index is 14.3. The predicted molar refractivity (Wildman–Crippen MR) is 471 cm³/mol. The number of H-pyrrole nitrogens is 1. The van der Waals surface area contributed by atoms with Gasteiger partial charge in [0.15, 0.2) is 11.6 Å². The summed E-state index contributed by atoms with van der Waals surface area (Å²) < 4.78 is 75.7. The van der Waals surface area contributed by atoms with Crippen molar-refractivity contribution in [2.75, 3.05) is 28.3 Å². The molecule has 7 fully saturated rings. The highest BCUT2D eigenvalue weighted by Gasteiger charge is 2.70. The number of hydrogen-bond donors (Lipinski definition) is 10. The van der Waals surface area contributed by atoms with E-state index in [-0.39, 0.29) is 67.3 Å². The van der Waals surface area contributed by atoms with Crippen molar-refractivity contribution in [1.82, 2.24) is 60.3 Å². The maximum Gasteiger partial charge on any atom is 0.293 e. The van der Waals surface area contributed by atoms with Crippen LogP contribution in [0.3, 0.4) is 0 Å². The number of alkyl halides is 2. The van der Waals surface area contributed by atoms with E-state index >= 15 is 0 Å². The molecule has 132 heavy (non-hydrogen) atoms. The van der Waals surface area contributed by atoms with E-state index in [0.29, 0.717) is 206 Å². The van der Waals surface area contributed by atoms with E-state index < -0.39 is 116 Å². The molecule has 4 bridgehead atoms. The first-order valence-electron chi connectivity index (χ1n) is 43.3. The number of halogens is 6. The molecular formula is C95H96ClF5N18O13. The smallest absolute Gasteiger partial charge is 0.293 e. The van der Waals surface area contributed by atoms with Crippen LogP contribution in [0.15, 0.2) is 72.9 Å². The number of ketones is 4. The fraction of sp³-hybridized carbons (Fsp3) is 0.400. The van der Waals surface area contributed by atoms with Crippen molar-refractivity contribution in [2.45, 2.75) is 227 Å². The summed E-state index contributed by atoms with van der Waals surface area (Å²) in [6.07, 6.45) is 8.89. The van der Waals surface area contributed by atoms with Gasteiger partial charge in [-0.1, -0.05) is 35.9 Å². The third-order valence-electron chi connectivity index (χ3n) is 26.9. The lowest BCUT2D eigenvalue weighted by molar-refractivity contribution is -0.141. The van der Waals surface area contributed by atoms with Crippen molar-refractivity contribution in [3.05, 3.63) is 219 Å². The molecule has 31 nitrogen and oxygen atoms in total. The normalized spacial score (nSPS) is 19.3. The number of hydrogen-bond acceptors (Lipinski definition) is 17. The SMILES string of the molecule is CNC(=O)C(C)(C)NC(=O)C(=O)c1c(C)c(C(=O)Nc2ccc(C)c(C(F)F)c2)n2c1CCC2.Cc1ccc(NC(=O)c2c(C)c(C(=O)C(=O)NC3(c4cn[nH]n4)CC3)c3n2CCC3)c(F)c1F.Cc1ccc(NC(=O)c2c(C)c(C(=O)C(=O)NC34CC(C#N)(C3)C4)c3n2CCC3)cc1Cl.Cc1ccc(NC(=O)c2c(C)c(C(=O)C(=O)NC34CC(C#N)(C3)C4)c3n2CCC3)cc1F. The van der Waals surface area contributed by atoms with Crippen LogP contribution >= 0.6 is 11.6 Å². The van der Waals surface area contributed by atoms with Gasteiger partial charge in [0.05, 0.1) is 62.6 Å². The number of aryl methyl sites for hydroxylation is 4. The van der Waals surface area contributed by atoms with Crippen molar-refractivity contribution in [1.29, 1.82) is 10.5 Å². The molecule has 37 heteroatoms. The number of amides is 9. The Kier molecular flexibility index (Phi) is 24.6. The molecule has 7 saturated carbocycles. The van der Waals surface area contributed by atoms with Crippen LogP contribution in [0.25, 0.3) is 0 Å². The van der Waals surface area contributed by atoms with Gasteiger partial charge in [-0.25, -0.2) is 22.0 Å². The highest BCUT2D eigenvalue weighted by molar-refractivity contribution is 6.46. The molecule has 9 aromatic rings. The average molecular weight is 1830 g/mol. The fourth-order valence-electron chi connectivity index (χ4n) is 20.2. The number of benzene rings is 4. The van der Waals surface area contributed by atoms with Crippen LogP contribution in [0.1, 0.15) is 259 Å². The number of carbonyl (C=O) groups is 13. The Labute approximate surface area is 758 Å². The van der Waals surface area contributed by atoms with Crippen molar-refractivity contribution in [2.24, 2.45) is 10.8 Å². The summed E-state index contributed by atoms with van der Waals surface area (Å²) in [5.41, 5.74) is 5.77. The van der Waals surface area contributed by atoms with Gasteiger partial charge in [-0.15, -0.1) is 0 Å². The molecule has 0 atom stereocenters. The highest BCUT2D eigenvalue weighted by Crippen LogP contribution is 2.68. The quantitative estimate of drug-likeness (QED) is 0.0161. The minimum atomic E-state index is -2.68. The number of Topliss-reactive ketones (excluding diaryl/α,β-unsaturated/α-hetero) is 4. The van der Waals surface area contributed by atoms with E-state index in [1.807, 2.05) is 17.6 Å². The van der Waals surface area contributed by atoms with Gasteiger partial charge in [-0.05, 0) is 259 Å². The molecule has 9 heterocycles. The van der Waals surface area contributed by atoms with E-state index in [2.05, 4.69) is 75.4 Å². The minimum Gasteiger partial charge on any atom is -0.357 e. The molecular weight excluding hydrogens is 1730 g/mol. The van der Waals surface area contributed by atoms with Gasteiger partial charge in [0, 0.05) is 94.7 Å². The number of anilines is 4. The number of likely N-dealkylation sites (N-methyl/N-ethyl adjacent to an activating group) is 1. The third kappa shape index (κ3) is 16.8. The number of aromatic amines is 1. The van der Waals surface area contributed by atoms with Crippen LogP contribution in [-0.4, -0.2) is 134 Å². The van der Waals surface area contributed by atoms with Gasteiger partial charge in [0.2, 0.25) is 5.91 Å². The number of nitrogens with zero attached hydrogens (tertiary/aromatic N) is 8. The molecule has 4 aromatic carbocycles. The van der Waals surface area contributed by atoms with Gasteiger partial charge in [0.1, 0.15) is 39.8 Å². The zero-order valence-electron chi connectivity index (χ0n) is 74.3. The van der Waals surface area contributed by atoms with Crippen molar-refractivity contribution in [3.63, 3.8) is 0 Å². The Hall–Kier alpha value is -14.0. The number of fused-ring (bicyclic) bond motifs is 4. The maximum absolute atomic E-state index is 14.3. The van der Waals surface area contributed by atoms with Gasteiger partial charge in [-0.3, -0.25) is 62.3 Å². The third-order valence-corrected chi connectivity index (χ3v) is 27.3. The lowest BCUT2D eigenvalue weighted by Crippen LogP contribution is -2.74. The lowest BCUT2D eigenvalue weighted by Gasteiger charge is -2.66. The molecule has 0 unspecified atom stereocenters. The first-order valence-corrected chi connectivity index (χ1v) is 43.7. The summed E-state index contributed by atoms with van der Waals surface area (Å²) in [6.45, 7) is 18.1. The Morgan fingerprint density at radius 2 is 0.848 bits per heavy atom. The second kappa shape index (κ2) is 35.0. The molecule has 686 valence electrons. The van der Waals surface area contributed by atoms with Gasteiger partial charge in [-0.2, -0.15) is 25.9 Å². The van der Waals surface area contributed by atoms with Gasteiger partial charge < -0.3 is 66.1 Å². The molecule has 20 rings (SSSR count). The van der Waals surface area contributed by atoms with Crippen LogP contribution < -0.4 is 47.9 Å². The number of nitriles is 2. The van der Waals surface area contributed by atoms with Crippen molar-refractivity contribution in [3.8, 4) is 12.1 Å². The van der Waals surface area contributed by atoms with E-state index in [4.69, 9.17) is 16.9 Å². The van der Waals surface area contributed by atoms with Crippen molar-refractivity contribution >= 4 is 111 Å². The average Bonchev–Trinajstić information content (AvgIpc) is 1.07. The Morgan fingerprint density at radius 1 is 0.477 bits per heavy atom. The largest absolute Gasteiger partial charge is 0.357 e. The highest BCUT2D eigenvalue weighted by atomic mass is 35.5. The summed E-state index contributed by atoms with van der Waals surface area (Å²) in [7, 11) is 1.42. The van der Waals surface area contributed by atoms with Crippen molar-refractivity contribution < 1.29 is 84.3 Å². The monoisotopic (exact) mass is 1830 g/mol. The number of rotatable bonds is 23. The Balaban J connectivity index is 0.000000135. The van der Waals surface area contributed by atoms with E-state index in [1.165, 1.54) is 70.4 Å². The minimum absolute atomic E-state index is 0.119. The molecule has 11 aliphatic rings. The second-order valence-electron chi connectivity index (χ2n) is 36.6. The number of carbonyl (C=O) groups excluding carboxylic acids is 13. The van der Waals surface area contributed by atoms with Gasteiger partial charge in [0.25, 0.3) is 76.8 Å². The summed E-state index contributed by atoms with van der Waals surface area (Å²) in [6, 6.07) is 21.2. The summed E-state index contributed by atoms with van der Waals surface area (Å²) in [5.74, 6) is -11.0. The first kappa shape index (κ1) is 92.7. The summed E-state index contributed by atoms with van der Waals surface area (Å²) in [5, 5.41) is 53.1. The molecule has 0 spiro atoms. The molecule has 7 aliphatic carbocycles. The summed E-state index contributed by atoms with van der Waals surface area (Å²) in [4.78, 5) is 168. The number of aromatic nitrogens is 7. The summed E-state index contributed by atoms with van der Waals surface area (Å²) >= 11 is 6.18. The fourth-order valence-corrected chi connectivity index (χ4v) is 20.3. The lowest BCUT2D eigenvalue weighted by atomic mass is 9.40. The van der Waals surface area contributed by atoms with E-state index in [0.717, 1.165) is 24.1 Å². The Bertz CT molecular complexity index is 6360. The van der Waals surface area contributed by atoms with E-state index in [9.17, 15) is 89.5 Å². The Morgan fingerprint density at radius 3 is 1.22 bits per heavy atom. The zero-order valence-corrected chi connectivity index (χ0v) is 75.1. The predicted octanol–water partition coefficient (Wildman–Crippen LogP) is 12.6. The standard InChI is InChI=1S/C24H23ClN4O3.C24H28F2N4O4.C24H23FN4O3.C23H22F2N6O3/c1-13-5-6-15(8-16(13)25)27-21(31)19-14(2)18(17-4-3-7-29(17)19)20(30)22(32)28-24-9-23(10-24,11-24)12-26;1-12-8-9-14(11-15(12)20(25)26)28-21(32)18-13(2)17(16-7-6-10-30(16)18)19(31)22(33)29-24(3,4)23(34)27-5;1-13-5-6-15(8-16(13)25)27-21(31)19-14(2)18(17-4-3-7-29(17)19)20(30)22(32)28-24-9-23(10-24,11-24)12-26;1-11-5-6-13(18(25)17(11)24)27-21(33)19-12(2)16(14-4-3-9-31(14)19)20(32)22(34)28-23(7-8-23)15-10-26-30-29-15/h5-6,8H,3-4,7,9-11H2,1-2H3,(H,27,31)(H,28,32);8-9,11,20H,6-7,10H2,1-5H3,(H,27,34)(H,28,32)(H,29,33);5-6,8H,3-4,7,9-11H2,1-2H3,(H,27,31)(H,28,32);5-6,10H,3-4,7-9H2,1-2H3,(H,27,33)(H,28,34)(H,26,29,30). The number of nitrogens with one attached hydrogen (secondary N) is 10. The van der Waals surface area contributed by atoms with E-state index in [1.54, 1.807) is 79.5 Å². The molecule has 0 radical (unpaired) electrons. The molecule has 9 amide bonds.